The van der Waals surface area contributed by atoms with E-state index in [1.807, 2.05) is 6.92 Å². The van der Waals surface area contributed by atoms with Crippen molar-refractivity contribution in [3.63, 3.8) is 0 Å². The van der Waals surface area contributed by atoms with Crippen molar-refractivity contribution in [2.75, 3.05) is 0 Å². The van der Waals surface area contributed by atoms with Crippen molar-refractivity contribution in [3.8, 4) is 0 Å². The van der Waals surface area contributed by atoms with Crippen LogP contribution in [0.3, 0.4) is 0 Å². The normalized spacial score (nSPS) is 28.6. The Bertz CT molecular complexity index is 230. The number of nitrogens with one attached hydrogen (secondary N) is 1. The van der Waals surface area contributed by atoms with Gasteiger partial charge in [0.25, 0.3) is 0 Å². The van der Waals surface area contributed by atoms with Crippen LogP contribution in [0.15, 0.2) is 5.10 Å². The Hall–Kier alpha value is -1.06. The van der Waals surface area contributed by atoms with Crippen LogP contribution in [-0.4, -0.2) is 11.7 Å². The smallest absolute Gasteiger partial charge is 0.332 e. The third-order valence-corrected chi connectivity index (χ3v) is 2.95. The number of rotatable bonds is 2. The van der Waals surface area contributed by atoms with Gasteiger partial charge in [0.1, 0.15) is 0 Å². The van der Waals surface area contributed by atoms with Crippen molar-refractivity contribution in [2.45, 2.75) is 39.5 Å². The third kappa shape index (κ3) is 3.36. The molecule has 0 atom stereocenters. The van der Waals surface area contributed by atoms with Crippen LogP contribution >= 0.6 is 0 Å². The second kappa shape index (κ2) is 4.98. The summed E-state index contributed by atoms with van der Waals surface area (Å²) < 4.78 is 0. The topological polar surface area (TPSA) is 67.5 Å². The lowest BCUT2D eigenvalue weighted by Crippen LogP contribution is -2.27. The van der Waals surface area contributed by atoms with Crippen LogP contribution in [0.2, 0.25) is 0 Å². The molecule has 1 saturated carbocycles. The minimum Gasteiger partial charge on any atom is -0.350 e. The monoisotopic (exact) mass is 197 g/mol. The van der Waals surface area contributed by atoms with Gasteiger partial charge in [-0.25, -0.2) is 10.2 Å². The minimum atomic E-state index is -0.589. The fourth-order valence-corrected chi connectivity index (χ4v) is 1.91. The van der Waals surface area contributed by atoms with Gasteiger partial charge in [-0.15, -0.1) is 0 Å². The Morgan fingerprint density at radius 2 is 1.93 bits per heavy atom. The zero-order valence-corrected chi connectivity index (χ0v) is 8.92. The number of nitrogens with two attached hydrogens (primary N) is 1. The summed E-state index contributed by atoms with van der Waals surface area (Å²) in [6.07, 6.45) is 4.87. The van der Waals surface area contributed by atoms with E-state index in [4.69, 9.17) is 5.73 Å². The molecule has 0 bridgehead atoms. The molecule has 1 fully saturated rings. The Morgan fingerprint density at radius 3 is 2.43 bits per heavy atom. The van der Waals surface area contributed by atoms with E-state index < -0.39 is 6.03 Å². The van der Waals surface area contributed by atoms with Crippen LogP contribution in [0.5, 0.6) is 0 Å². The highest BCUT2D eigenvalue weighted by Gasteiger charge is 2.20. The van der Waals surface area contributed by atoms with Gasteiger partial charge in [0.15, 0.2) is 0 Å². The second-order valence-electron chi connectivity index (χ2n) is 4.19. The number of hydrogen-bond acceptors (Lipinski definition) is 2. The van der Waals surface area contributed by atoms with Crippen LogP contribution in [0.4, 0.5) is 4.79 Å². The highest BCUT2D eigenvalue weighted by Crippen LogP contribution is 2.28. The summed E-state index contributed by atoms with van der Waals surface area (Å²) >= 11 is 0. The van der Waals surface area contributed by atoms with Gasteiger partial charge in [-0.3, -0.25) is 0 Å². The first kappa shape index (κ1) is 11.0. The highest BCUT2D eigenvalue weighted by molar-refractivity contribution is 5.85. The fourth-order valence-electron chi connectivity index (χ4n) is 1.91. The lowest BCUT2D eigenvalue weighted by molar-refractivity contribution is 0.249. The molecule has 0 aromatic heterocycles. The van der Waals surface area contributed by atoms with Crippen molar-refractivity contribution in [3.05, 3.63) is 0 Å². The van der Waals surface area contributed by atoms with Crippen LogP contribution in [0.25, 0.3) is 0 Å². The van der Waals surface area contributed by atoms with Crippen molar-refractivity contribution in [2.24, 2.45) is 22.7 Å². The molecule has 0 aliphatic heterocycles. The van der Waals surface area contributed by atoms with Gasteiger partial charge >= 0.3 is 6.03 Å². The molecule has 4 nitrogen and oxygen atoms in total. The quantitative estimate of drug-likeness (QED) is 0.515. The molecule has 0 saturated heterocycles. The predicted octanol–water partition coefficient (Wildman–Crippen LogP) is 1.86. The first-order chi connectivity index (χ1) is 6.59. The predicted molar refractivity (Wildman–Crippen MR) is 57.0 cm³/mol. The average molecular weight is 197 g/mol. The van der Waals surface area contributed by atoms with E-state index in [0.29, 0.717) is 5.92 Å². The summed E-state index contributed by atoms with van der Waals surface area (Å²) in [7, 11) is 0. The summed E-state index contributed by atoms with van der Waals surface area (Å²) in [6.45, 7) is 4.24. The zero-order chi connectivity index (χ0) is 10.6. The van der Waals surface area contributed by atoms with Gasteiger partial charge in [0.2, 0.25) is 0 Å². The molecule has 14 heavy (non-hydrogen) atoms. The van der Waals surface area contributed by atoms with Gasteiger partial charge in [-0.2, -0.15) is 5.10 Å². The fraction of sp³-hybridized carbons (Fsp3) is 0.800. The molecule has 0 unspecified atom stereocenters. The largest absolute Gasteiger partial charge is 0.350 e. The summed E-state index contributed by atoms with van der Waals surface area (Å²) in [4.78, 5) is 10.4. The Morgan fingerprint density at radius 1 is 1.36 bits per heavy atom. The number of carbonyl (C=O) groups excluding carboxylic acids is 1. The number of amides is 2. The van der Waals surface area contributed by atoms with Gasteiger partial charge < -0.3 is 5.73 Å². The molecule has 0 aromatic rings. The van der Waals surface area contributed by atoms with Crippen LogP contribution < -0.4 is 11.2 Å². The van der Waals surface area contributed by atoms with Crippen LogP contribution in [-0.2, 0) is 0 Å². The third-order valence-electron chi connectivity index (χ3n) is 2.95. The number of hydrazone groups is 1. The molecule has 0 aromatic carbocycles. The van der Waals surface area contributed by atoms with Gasteiger partial charge in [-0.1, -0.05) is 19.8 Å². The Labute approximate surface area is 84.9 Å². The zero-order valence-electron chi connectivity index (χ0n) is 8.92. The second-order valence-corrected chi connectivity index (χ2v) is 4.19. The lowest BCUT2D eigenvalue weighted by atomic mass is 9.81. The van der Waals surface area contributed by atoms with E-state index in [1.165, 1.54) is 25.7 Å². The van der Waals surface area contributed by atoms with Crippen molar-refractivity contribution in [1.82, 2.24) is 5.43 Å². The molecule has 0 radical (unpaired) electrons. The van der Waals surface area contributed by atoms with E-state index in [2.05, 4.69) is 17.5 Å². The maximum atomic E-state index is 10.4. The minimum absolute atomic E-state index is 0.526. The Kier molecular flexibility index (Phi) is 3.92. The number of urea groups is 1. The lowest BCUT2D eigenvalue weighted by Gasteiger charge is -2.25. The molecule has 0 spiro atoms. The van der Waals surface area contributed by atoms with Gasteiger partial charge in [0.05, 0.1) is 0 Å². The standard InChI is InChI=1S/C10H19N3O/c1-7-3-5-9(6-4-7)8(2)12-13-10(11)14/h7,9H,3-6H2,1-2H3,(H3,11,13,14)/b12-8+. The first-order valence-corrected chi connectivity index (χ1v) is 5.19. The van der Waals surface area contributed by atoms with Crippen molar-refractivity contribution < 1.29 is 4.79 Å². The Balaban J connectivity index is 2.40. The van der Waals surface area contributed by atoms with Crippen LogP contribution in [0, 0.1) is 11.8 Å². The van der Waals surface area contributed by atoms with Gasteiger partial charge in [0, 0.05) is 5.71 Å². The van der Waals surface area contributed by atoms with E-state index in [0.717, 1.165) is 11.6 Å². The maximum Gasteiger partial charge on any atom is 0.332 e. The number of primary amides is 1. The number of nitrogens with zero attached hydrogens (tertiary/aromatic N) is 1. The molecule has 1 rings (SSSR count). The molecule has 2 amide bonds. The van der Waals surface area contributed by atoms with Crippen molar-refractivity contribution >= 4 is 11.7 Å². The average Bonchev–Trinajstić information content (AvgIpc) is 2.15. The molecule has 1 aliphatic carbocycles. The molecule has 3 N–H and O–H groups in total. The molecule has 4 heteroatoms. The van der Waals surface area contributed by atoms with Crippen molar-refractivity contribution in [1.29, 1.82) is 0 Å². The van der Waals surface area contributed by atoms with E-state index in [9.17, 15) is 4.79 Å². The molecule has 0 heterocycles. The summed E-state index contributed by atoms with van der Waals surface area (Å²) in [6, 6.07) is -0.589. The van der Waals surface area contributed by atoms with E-state index >= 15 is 0 Å². The van der Waals surface area contributed by atoms with E-state index in [1.54, 1.807) is 0 Å². The highest BCUT2D eigenvalue weighted by atomic mass is 16.2. The summed E-state index contributed by atoms with van der Waals surface area (Å²) in [5.41, 5.74) is 8.21. The number of hydrogen-bond donors (Lipinski definition) is 2. The van der Waals surface area contributed by atoms with Crippen LogP contribution in [0.1, 0.15) is 39.5 Å². The molecular formula is C10H19N3O. The summed E-state index contributed by atoms with van der Waals surface area (Å²) in [5.74, 6) is 1.36. The van der Waals surface area contributed by atoms with Gasteiger partial charge in [-0.05, 0) is 31.6 Å². The first-order valence-electron chi connectivity index (χ1n) is 5.19. The molecule has 80 valence electrons. The maximum absolute atomic E-state index is 10.4. The molecular weight excluding hydrogens is 178 g/mol. The number of carbonyl (C=O) groups is 1. The SMILES string of the molecule is C/C(=N\NC(N)=O)C1CCC(C)CC1. The van der Waals surface area contributed by atoms with E-state index in [-0.39, 0.29) is 0 Å². The molecule has 1 aliphatic rings. The summed E-state index contributed by atoms with van der Waals surface area (Å²) in [5, 5.41) is 3.96.